The molecule has 0 aliphatic rings. The monoisotopic (exact) mass is 1170 g/mol. The van der Waals surface area contributed by atoms with E-state index in [2.05, 4.69) is 49.9 Å². The molecule has 0 spiro atoms. The normalized spacial score (nSPS) is 8.85. The second-order valence-electron chi connectivity index (χ2n) is 7.08. The fourth-order valence-corrected chi connectivity index (χ4v) is 6.65. The fourth-order valence-electron chi connectivity index (χ4n) is 2.42. The molecule has 2 aromatic rings. The van der Waals surface area contributed by atoms with Crippen LogP contribution in [0.1, 0.15) is 38.3 Å². The Morgan fingerprint density at radius 2 is 1.22 bits per heavy atom. The predicted octanol–water partition coefficient (Wildman–Crippen LogP) is 5.99. The van der Waals surface area contributed by atoms with Gasteiger partial charge < -0.3 is 34.7 Å². The van der Waals surface area contributed by atoms with Gasteiger partial charge in [-0.3, -0.25) is 14.4 Å². The number of phenols is 1. The van der Waals surface area contributed by atoms with Gasteiger partial charge in [-0.15, -0.1) is 0 Å². The number of carboxylic acid groups (broad SMARTS) is 2. The Labute approximate surface area is 344 Å². The zero-order valence-electron chi connectivity index (χ0n) is 21.2. The van der Waals surface area contributed by atoms with Gasteiger partial charge in [0.05, 0.1) is 21.4 Å². The smallest absolute Gasteiger partial charge is 0.303 e. The molecule has 0 fully saturated rings. The average molecular weight is 1170 g/mol. The van der Waals surface area contributed by atoms with E-state index in [0.29, 0.717) is 12.8 Å². The second kappa shape index (κ2) is 27.3. The Kier molecular flexibility index (Phi) is 32.5. The van der Waals surface area contributed by atoms with Crippen molar-refractivity contribution in [2.24, 2.45) is 0 Å². The Hall–Kier alpha value is 0.948. The number of carboxylic acids is 2. The molecule has 0 amide bonds. The van der Waals surface area contributed by atoms with Crippen molar-refractivity contribution in [1.82, 2.24) is 0 Å². The van der Waals surface area contributed by atoms with Gasteiger partial charge in [-0.25, -0.2) is 0 Å². The van der Waals surface area contributed by atoms with E-state index < -0.39 is 17.9 Å². The van der Waals surface area contributed by atoms with Gasteiger partial charge in [0.1, 0.15) is 11.5 Å². The van der Waals surface area contributed by atoms with Crippen molar-refractivity contribution in [2.75, 3.05) is 7.11 Å². The van der Waals surface area contributed by atoms with Crippen molar-refractivity contribution in [3.8, 4) is 11.5 Å². The van der Waals surface area contributed by atoms with Gasteiger partial charge >= 0.3 is 5.97 Å². The van der Waals surface area contributed by atoms with E-state index in [-0.39, 0.29) is 104 Å². The fraction of sp³-hybridized carbons (Fsp3) is 0.280. The summed E-state index contributed by atoms with van der Waals surface area (Å²) in [6.45, 7) is 2.35. The predicted molar refractivity (Wildman–Crippen MR) is 178 cm³/mol. The molecule has 2 rings (SSSR count). The molecule has 0 aliphatic heterocycles. The van der Waals surface area contributed by atoms with E-state index in [1.807, 2.05) is 57.3 Å². The summed E-state index contributed by atoms with van der Waals surface area (Å²) in [5, 5.41) is 32.8. The zero-order valence-corrected chi connectivity index (χ0v) is 35.5. The number of ether oxygens (including phenoxy) is 2. The Balaban J connectivity index is -0.000000276. The summed E-state index contributed by atoms with van der Waals surface area (Å²) < 4.78 is 13.5. The van der Waals surface area contributed by atoms with Gasteiger partial charge in [-0.05, 0) is 146 Å². The number of aliphatic carboxylic acids is 2. The van der Waals surface area contributed by atoms with E-state index in [1.165, 1.54) is 6.92 Å². The number of carbonyl (C=O) groups is 4. The summed E-state index contributed by atoms with van der Waals surface area (Å²) in [5.74, 6) is -1.69. The number of carbonyl (C=O) groups excluding carboxylic acids is 2. The van der Waals surface area contributed by atoms with Crippen molar-refractivity contribution in [3.05, 3.63) is 62.9 Å². The largest absolute Gasteiger partial charge is 0.611 e. The topological polar surface area (TPSA) is 168 Å². The van der Waals surface area contributed by atoms with Gasteiger partial charge in [0.2, 0.25) is 0 Å². The molecule has 0 saturated carbocycles. The van der Waals surface area contributed by atoms with Crippen LogP contribution in [0.15, 0.2) is 24.3 Å². The summed E-state index contributed by atoms with van der Waals surface area (Å²) in [6.07, 6.45) is 1.43. The minimum Gasteiger partial charge on any atom is -0.611 e. The number of aryl methyl sites for hydroxylation is 2. The van der Waals surface area contributed by atoms with Gasteiger partial charge in [0.25, 0.3) is 5.97 Å². The number of benzene rings is 2. The maximum absolute atomic E-state index is 11.4. The molecule has 2 aromatic carbocycles. The summed E-state index contributed by atoms with van der Waals surface area (Å²) in [4.78, 5) is 41.4. The van der Waals surface area contributed by atoms with Crippen molar-refractivity contribution in [2.45, 2.75) is 40.0 Å². The number of Topliss-reactive ketones (excluding diaryl/α,β-unsaturated/α-hetero) is 1. The first-order valence-corrected chi connectivity index (χ1v) is 14.7. The van der Waals surface area contributed by atoms with Crippen LogP contribution in [0.3, 0.4) is 0 Å². The molecule has 41 heavy (non-hydrogen) atoms. The van der Waals surface area contributed by atoms with Gasteiger partial charge in [-0.2, -0.15) is 13.2 Å². The van der Waals surface area contributed by atoms with Crippen LogP contribution < -0.4 is 4.74 Å². The molecule has 0 aliphatic carbocycles. The molecule has 0 heterocycles. The number of methoxy groups -OCH3 is 1. The molecule has 0 bridgehead atoms. The van der Waals surface area contributed by atoms with Crippen molar-refractivity contribution >= 4 is 114 Å². The zero-order chi connectivity index (χ0) is 29.4. The molecule has 0 unspecified atom stereocenters. The minimum atomic E-state index is -1.31. The number of rotatable bonds is 10. The number of halogens is 4. The van der Waals surface area contributed by atoms with Crippen LogP contribution in [-0.2, 0) is 102 Å². The van der Waals surface area contributed by atoms with Crippen molar-refractivity contribution in [1.29, 1.82) is 0 Å². The number of hydrogen-bond donors (Lipinski definition) is 4. The number of ketones is 1. The van der Waals surface area contributed by atoms with Crippen LogP contribution >= 0.6 is 90.4 Å². The van der Waals surface area contributed by atoms with Crippen molar-refractivity contribution < 1.29 is 114 Å². The Morgan fingerprint density at radius 1 is 0.829 bits per heavy atom. The first-order chi connectivity index (χ1) is 17.7. The molecule has 2 radical (unpaired) electrons. The van der Waals surface area contributed by atoms with Crippen molar-refractivity contribution in [3.63, 3.8) is 0 Å². The van der Waals surface area contributed by atoms with Gasteiger partial charge in [0.15, 0.2) is 5.97 Å². The number of aromatic hydroxyl groups is 1. The number of esters is 1. The number of aliphatic hydroxyl groups excluding tert-OH is 1. The molecule has 16 heteroatoms. The molecule has 0 aromatic heterocycles. The van der Waals surface area contributed by atoms with Gasteiger partial charge in [-0.1, -0.05) is 7.43 Å². The maximum atomic E-state index is 11.4. The third-order valence-corrected chi connectivity index (χ3v) is 7.30. The van der Waals surface area contributed by atoms with E-state index in [9.17, 15) is 19.5 Å². The van der Waals surface area contributed by atoms with Gasteiger partial charge in [0, 0.05) is 84.0 Å². The van der Waals surface area contributed by atoms with Crippen LogP contribution in [0.4, 0.5) is 0 Å². The Bertz CT molecular complexity index is 1090. The molecule has 4 N–H and O–H groups in total. The first kappa shape index (κ1) is 48.8. The van der Waals surface area contributed by atoms with Crippen LogP contribution in [0.25, 0.3) is 0 Å². The van der Waals surface area contributed by atoms with Crippen LogP contribution in [0.2, 0.25) is 0 Å². The summed E-state index contributed by atoms with van der Waals surface area (Å²) in [6, 6.07) is 7.56. The molecule has 0 saturated heterocycles. The molecule has 224 valence electrons. The summed E-state index contributed by atoms with van der Waals surface area (Å²) in [5.41, 5.74) is 1.98. The summed E-state index contributed by atoms with van der Waals surface area (Å²) in [7, 11) is 1.63. The third kappa shape index (κ3) is 23.0. The number of aliphatic hydroxyl groups is 1. The van der Waals surface area contributed by atoms with Crippen LogP contribution in [-0.4, -0.2) is 51.2 Å². The summed E-state index contributed by atoms with van der Waals surface area (Å²) >= 11 is 8.46. The molecule has 10 nitrogen and oxygen atoms in total. The minimum absolute atomic E-state index is 0. The number of phenolic OH excluding ortho intramolecular Hbond substituents is 1. The quantitative estimate of drug-likeness (QED) is 0.126. The second-order valence-corrected chi connectivity index (χ2v) is 11.7. The van der Waals surface area contributed by atoms with Crippen LogP contribution in [0.5, 0.6) is 11.5 Å². The first-order valence-electron chi connectivity index (χ1n) is 10.4. The van der Waals surface area contributed by atoms with E-state index in [1.54, 1.807) is 19.2 Å². The molecular weight excluding hydrogens is 1150 g/mol. The maximum Gasteiger partial charge on any atom is 0.303 e. The molecule has 0 atom stereocenters. The average Bonchev–Trinajstić information content (AvgIpc) is 2.84. The Morgan fingerprint density at radius 3 is 1.56 bits per heavy atom. The molecular formula is C25H28I4O10Y2-2. The third-order valence-electron chi connectivity index (χ3n) is 4.05. The van der Waals surface area contributed by atoms with Crippen LogP contribution in [0, 0.1) is 27.5 Å². The van der Waals surface area contributed by atoms with E-state index in [0.717, 1.165) is 37.8 Å². The van der Waals surface area contributed by atoms with E-state index in [4.69, 9.17) is 24.9 Å². The standard InChI is InChI=1S/C13H13I2O4.C9H8I2O3.C2H3O3.CH4.2Y/c1-8(16)7-19-12(17)4-3-9-5-10(14)13(18-2)11(15)6-9;10-6-3-5(1-2-8(12)13)4-7(11)9(6)14;3-1-2(4)5;;;/h5-7H,3-4H2,1-2H3;3-4,14H,1-2H2,(H,12,13);1,3H,(H,4,5);1H4;;/q-1;;-1;;;. The number of hydrogen-bond acceptors (Lipinski definition) is 8. The van der Waals surface area contributed by atoms with E-state index >= 15 is 0 Å². The SMILES string of the molecule is C.COc1c(I)cc(CCC(=O)O[CH-]C(C)=O)cc1I.O=C(O)CCc1cc(I)c(O)c(I)c1.O=C(O)[CH-]O.[Y].[Y].